The lowest BCUT2D eigenvalue weighted by atomic mass is 10.4. The zero-order valence-corrected chi connectivity index (χ0v) is 9.97. The number of sulfonamides is 1. The Labute approximate surface area is 98.3 Å². The Morgan fingerprint density at radius 2 is 2.18 bits per heavy atom. The quantitative estimate of drug-likeness (QED) is 0.806. The van der Waals surface area contributed by atoms with Crippen LogP contribution in [0.3, 0.4) is 0 Å². The lowest BCUT2D eigenvalue weighted by Gasteiger charge is -2.10. The van der Waals surface area contributed by atoms with Crippen molar-refractivity contribution in [3.8, 4) is 0 Å². The Hall–Kier alpha value is -1.28. The highest BCUT2D eigenvalue weighted by atomic mass is 32.2. The smallest absolute Gasteiger partial charge is 0.260 e. The topological polar surface area (TPSA) is 71.1 Å². The molecule has 8 heteroatoms. The Kier molecular flexibility index (Phi) is 4.76. The van der Waals surface area contributed by atoms with E-state index in [0.29, 0.717) is 6.54 Å². The van der Waals surface area contributed by atoms with Crippen LogP contribution in [-0.4, -0.2) is 32.9 Å². The van der Waals surface area contributed by atoms with Gasteiger partial charge in [0.15, 0.2) is 5.03 Å². The van der Waals surface area contributed by atoms with E-state index in [1.54, 1.807) is 17.7 Å². The number of hydrogen-bond donors (Lipinski definition) is 2. The summed E-state index contributed by atoms with van der Waals surface area (Å²) in [7, 11) is -4.01. The fourth-order valence-electron chi connectivity index (χ4n) is 1.17. The van der Waals surface area contributed by atoms with Gasteiger partial charge in [-0.2, -0.15) is 0 Å². The summed E-state index contributed by atoms with van der Waals surface area (Å²) < 4.78 is 49.1. The lowest BCUT2D eigenvalue weighted by molar-refractivity contribution is 0.153. The molecule has 0 saturated heterocycles. The van der Waals surface area contributed by atoms with Crippen molar-refractivity contribution in [2.75, 3.05) is 18.4 Å². The lowest BCUT2D eigenvalue weighted by Crippen LogP contribution is -2.30. The summed E-state index contributed by atoms with van der Waals surface area (Å²) in [6.07, 6.45) is -1.45. The van der Waals surface area contributed by atoms with E-state index in [2.05, 4.69) is 10.3 Å². The maximum absolute atomic E-state index is 12.0. The molecule has 0 aliphatic carbocycles. The SMILES string of the molecule is CCNc1cccnc1S(=O)(=O)NCC(F)F. The molecule has 0 bridgehead atoms. The van der Waals surface area contributed by atoms with E-state index in [1.807, 2.05) is 0 Å². The Bertz CT molecular complexity index is 465. The summed E-state index contributed by atoms with van der Waals surface area (Å²) in [6.45, 7) is 1.36. The molecule has 0 saturated carbocycles. The van der Waals surface area contributed by atoms with Crippen molar-refractivity contribution >= 4 is 15.7 Å². The summed E-state index contributed by atoms with van der Waals surface area (Å²) >= 11 is 0. The van der Waals surface area contributed by atoms with E-state index in [-0.39, 0.29) is 10.7 Å². The van der Waals surface area contributed by atoms with Gasteiger partial charge in [-0.1, -0.05) is 0 Å². The number of hydrogen-bond acceptors (Lipinski definition) is 4. The van der Waals surface area contributed by atoms with Crippen LogP contribution >= 0.6 is 0 Å². The van der Waals surface area contributed by atoms with Crippen LogP contribution in [0.5, 0.6) is 0 Å². The van der Waals surface area contributed by atoms with E-state index in [0.717, 1.165) is 0 Å². The molecule has 0 radical (unpaired) electrons. The Morgan fingerprint density at radius 1 is 1.47 bits per heavy atom. The van der Waals surface area contributed by atoms with Gasteiger partial charge < -0.3 is 5.32 Å². The van der Waals surface area contributed by atoms with Gasteiger partial charge in [-0.25, -0.2) is 26.9 Å². The molecule has 1 rings (SSSR count). The first kappa shape index (κ1) is 13.8. The second-order valence-electron chi connectivity index (χ2n) is 3.13. The summed E-state index contributed by atoms with van der Waals surface area (Å²) in [5, 5.41) is 2.53. The van der Waals surface area contributed by atoms with Crippen molar-refractivity contribution in [2.24, 2.45) is 0 Å². The highest BCUT2D eigenvalue weighted by Gasteiger charge is 2.20. The van der Waals surface area contributed by atoms with Crippen molar-refractivity contribution in [3.05, 3.63) is 18.3 Å². The van der Waals surface area contributed by atoms with E-state index in [1.165, 1.54) is 12.3 Å². The molecule has 1 aromatic rings. The molecule has 0 aromatic carbocycles. The standard InChI is InChI=1S/C9H13F2N3O2S/c1-2-12-7-4-3-5-13-9(7)17(15,16)14-6-8(10)11/h3-5,8,12,14H,2,6H2,1H3. The van der Waals surface area contributed by atoms with Gasteiger partial charge in [-0.3, -0.25) is 0 Å². The molecule has 96 valence electrons. The molecule has 5 nitrogen and oxygen atoms in total. The van der Waals surface area contributed by atoms with Crippen molar-refractivity contribution in [2.45, 2.75) is 18.4 Å². The first-order valence-corrected chi connectivity index (χ1v) is 6.42. The molecule has 17 heavy (non-hydrogen) atoms. The van der Waals surface area contributed by atoms with Gasteiger partial charge in [0.25, 0.3) is 16.4 Å². The monoisotopic (exact) mass is 265 g/mol. The first-order valence-electron chi connectivity index (χ1n) is 4.94. The third-order valence-electron chi connectivity index (χ3n) is 1.82. The van der Waals surface area contributed by atoms with E-state index >= 15 is 0 Å². The average molecular weight is 265 g/mol. The number of halogens is 2. The summed E-state index contributed by atoms with van der Waals surface area (Å²) in [5.74, 6) is 0. The van der Waals surface area contributed by atoms with Gasteiger partial charge in [0.1, 0.15) is 0 Å². The van der Waals surface area contributed by atoms with Crippen LogP contribution in [0.15, 0.2) is 23.4 Å². The number of aromatic nitrogens is 1. The molecule has 0 amide bonds. The summed E-state index contributed by atoms with van der Waals surface area (Å²) in [4.78, 5) is 3.69. The van der Waals surface area contributed by atoms with E-state index in [9.17, 15) is 17.2 Å². The number of pyridine rings is 1. The minimum atomic E-state index is -4.01. The maximum atomic E-state index is 12.0. The van der Waals surface area contributed by atoms with Gasteiger partial charge in [-0.05, 0) is 19.1 Å². The minimum absolute atomic E-state index is 0.275. The van der Waals surface area contributed by atoms with E-state index in [4.69, 9.17) is 0 Å². The predicted molar refractivity (Wildman–Crippen MR) is 59.6 cm³/mol. The highest BCUT2D eigenvalue weighted by Crippen LogP contribution is 2.17. The zero-order valence-electron chi connectivity index (χ0n) is 9.15. The highest BCUT2D eigenvalue weighted by molar-refractivity contribution is 7.89. The first-order chi connectivity index (χ1) is 7.97. The predicted octanol–water partition coefficient (Wildman–Crippen LogP) is 1.06. The fourth-order valence-corrected chi connectivity index (χ4v) is 2.28. The molecule has 2 N–H and O–H groups in total. The molecular formula is C9H13F2N3O2S. The van der Waals surface area contributed by atoms with Gasteiger partial charge >= 0.3 is 0 Å². The Morgan fingerprint density at radius 3 is 2.76 bits per heavy atom. The molecule has 0 aliphatic rings. The van der Waals surface area contributed by atoms with Crippen LogP contribution in [0.1, 0.15) is 6.92 Å². The fraction of sp³-hybridized carbons (Fsp3) is 0.444. The third-order valence-corrected chi connectivity index (χ3v) is 3.20. The van der Waals surface area contributed by atoms with E-state index < -0.39 is 23.0 Å². The van der Waals surface area contributed by atoms with Crippen LogP contribution in [0.25, 0.3) is 0 Å². The normalized spacial score (nSPS) is 11.8. The van der Waals surface area contributed by atoms with Crippen LogP contribution in [-0.2, 0) is 10.0 Å². The number of alkyl halides is 2. The molecule has 0 atom stereocenters. The Balaban J connectivity index is 2.97. The molecule has 0 aliphatic heterocycles. The molecule has 0 spiro atoms. The molecular weight excluding hydrogens is 252 g/mol. The summed E-state index contributed by atoms with van der Waals surface area (Å²) in [5.41, 5.74) is 0.289. The van der Waals surface area contributed by atoms with Crippen molar-refractivity contribution in [1.82, 2.24) is 9.71 Å². The summed E-state index contributed by atoms with van der Waals surface area (Å²) in [6, 6.07) is 3.08. The minimum Gasteiger partial charge on any atom is -0.383 e. The molecule has 0 fully saturated rings. The van der Waals surface area contributed by atoms with Crippen molar-refractivity contribution in [3.63, 3.8) is 0 Å². The van der Waals surface area contributed by atoms with Crippen LogP contribution in [0.4, 0.5) is 14.5 Å². The second-order valence-corrected chi connectivity index (χ2v) is 4.81. The molecule has 0 unspecified atom stereocenters. The number of nitrogens with one attached hydrogen (secondary N) is 2. The largest absolute Gasteiger partial charge is 0.383 e. The van der Waals surface area contributed by atoms with Crippen molar-refractivity contribution in [1.29, 1.82) is 0 Å². The molecule has 1 heterocycles. The number of nitrogens with zero attached hydrogens (tertiary/aromatic N) is 1. The second kappa shape index (κ2) is 5.87. The third kappa shape index (κ3) is 3.90. The van der Waals surface area contributed by atoms with Crippen LogP contribution in [0, 0.1) is 0 Å². The van der Waals surface area contributed by atoms with Crippen LogP contribution in [0.2, 0.25) is 0 Å². The van der Waals surface area contributed by atoms with Crippen molar-refractivity contribution < 1.29 is 17.2 Å². The number of rotatable bonds is 6. The van der Waals surface area contributed by atoms with Gasteiger partial charge in [-0.15, -0.1) is 0 Å². The molecule has 1 aromatic heterocycles. The van der Waals surface area contributed by atoms with Gasteiger partial charge in [0.2, 0.25) is 0 Å². The zero-order chi connectivity index (χ0) is 12.9. The van der Waals surface area contributed by atoms with Crippen LogP contribution < -0.4 is 10.0 Å². The van der Waals surface area contributed by atoms with Gasteiger partial charge in [0, 0.05) is 12.7 Å². The number of anilines is 1. The van der Waals surface area contributed by atoms with Gasteiger partial charge in [0.05, 0.1) is 12.2 Å². The average Bonchev–Trinajstić information content (AvgIpc) is 2.28. The maximum Gasteiger partial charge on any atom is 0.260 e.